The topological polar surface area (TPSA) is 52.6 Å². The van der Waals surface area contributed by atoms with E-state index >= 15 is 0 Å². The van der Waals surface area contributed by atoms with E-state index in [2.05, 4.69) is 45.9 Å². The smallest absolute Gasteiger partial charge is 0.338 e. The number of hydrogen-bond donors (Lipinski definition) is 0. The summed E-state index contributed by atoms with van der Waals surface area (Å²) < 4.78 is 10.9. The fourth-order valence-electron chi connectivity index (χ4n) is 3.77. The standard InChI is InChI=1S/C34H42O4/c1-27(2)14-11-18-30(26-38-34(36)32-22-9-6-10-23-32)19-13-17-28(3)15-12-16-29(4)24-25-37-33(35)31-20-7-5-8-21-31/h5-10,14-15,19-24H,11-13,16-18,25-26H2,1-4H3/b28-15+,29-24+,30-19-. The van der Waals surface area contributed by atoms with Gasteiger partial charge in [-0.25, -0.2) is 9.59 Å². The van der Waals surface area contributed by atoms with Crippen LogP contribution in [0.4, 0.5) is 0 Å². The van der Waals surface area contributed by atoms with E-state index in [1.54, 1.807) is 24.3 Å². The van der Waals surface area contributed by atoms with Gasteiger partial charge in [0.1, 0.15) is 13.2 Å². The molecule has 0 aliphatic rings. The highest BCUT2D eigenvalue weighted by molar-refractivity contribution is 5.89. The van der Waals surface area contributed by atoms with Crippen LogP contribution >= 0.6 is 0 Å². The van der Waals surface area contributed by atoms with E-state index in [1.165, 1.54) is 16.7 Å². The van der Waals surface area contributed by atoms with Crippen molar-refractivity contribution in [1.82, 2.24) is 0 Å². The van der Waals surface area contributed by atoms with Crippen LogP contribution in [0.1, 0.15) is 86.9 Å². The first-order chi connectivity index (χ1) is 18.3. The first-order valence-electron chi connectivity index (χ1n) is 13.4. The third-order valence-corrected chi connectivity index (χ3v) is 6.08. The highest BCUT2D eigenvalue weighted by Crippen LogP contribution is 2.15. The van der Waals surface area contributed by atoms with Gasteiger partial charge in [-0.05, 0) is 102 Å². The molecule has 0 atom stereocenters. The van der Waals surface area contributed by atoms with Gasteiger partial charge in [0.25, 0.3) is 0 Å². The summed E-state index contributed by atoms with van der Waals surface area (Å²) in [5.74, 6) is -0.582. The predicted molar refractivity (Wildman–Crippen MR) is 156 cm³/mol. The van der Waals surface area contributed by atoms with Crippen LogP contribution in [-0.4, -0.2) is 25.2 Å². The fraction of sp³-hybridized carbons (Fsp3) is 0.353. The molecule has 0 spiro atoms. The van der Waals surface area contributed by atoms with Gasteiger partial charge in [-0.3, -0.25) is 0 Å². The third kappa shape index (κ3) is 13.0. The summed E-state index contributed by atoms with van der Waals surface area (Å²) in [6.07, 6.45) is 14.3. The van der Waals surface area contributed by atoms with Crippen LogP contribution in [0.2, 0.25) is 0 Å². The maximum Gasteiger partial charge on any atom is 0.338 e. The highest BCUT2D eigenvalue weighted by atomic mass is 16.5. The van der Waals surface area contributed by atoms with Crippen LogP contribution in [0, 0.1) is 0 Å². The molecule has 0 aliphatic heterocycles. The molecule has 0 saturated heterocycles. The van der Waals surface area contributed by atoms with Crippen LogP contribution in [0.15, 0.2) is 107 Å². The molecule has 2 rings (SSSR count). The molecule has 202 valence electrons. The summed E-state index contributed by atoms with van der Waals surface area (Å²) in [6.45, 7) is 9.04. The number of ether oxygens (including phenoxy) is 2. The summed E-state index contributed by atoms with van der Waals surface area (Å²) >= 11 is 0. The van der Waals surface area contributed by atoms with Crippen molar-refractivity contribution in [3.05, 3.63) is 118 Å². The number of carbonyl (C=O) groups excluding carboxylic acids is 2. The molecule has 0 N–H and O–H groups in total. The van der Waals surface area contributed by atoms with Crippen LogP contribution in [0.5, 0.6) is 0 Å². The summed E-state index contributed by atoms with van der Waals surface area (Å²) in [6, 6.07) is 18.2. The Balaban J connectivity index is 1.77. The Morgan fingerprint density at radius 3 is 1.68 bits per heavy atom. The molecule has 0 aliphatic carbocycles. The minimum Gasteiger partial charge on any atom is -0.458 e. The van der Waals surface area contributed by atoms with Crippen molar-refractivity contribution in [2.24, 2.45) is 0 Å². The number of esters is 2. The van der Waals surface area contributed by atoms with Gasteiger partial charge in [0.2, 0.25) is 0 Å². The maximum absolute atomic E-state index is 12.4. The average Bonchev–Trinajstić information content (AvgIpc) is 2.92. The number of hydrogen-bond acceptors (Lipinski definition) is 4. The molecule has 38 heavy (non-hydrogen) atoms. The van der Waals surface area contributed by atoms with Crippen LogP contribution in [0.25, 0.3) is 0 Å². The van der Waals surface area contributed by atoms with E-state index in [-0.39, 0.29) is 18.5 Å². The van der Waals surface area contributed by atoms with Gasteiger partial charge in [0.05, 0.1) is 11.1 Å². The van der Waals surface area contributed by atoms with Crippen molar-refractivity contribution < 1.29 is 19.1 Å². The normalized spacial score (nSPS) is 12.2. The van der Waals surface area contributed by atoms with Crippen molar-refractivity contribution in [1.29, 1.82) is 0 Å². The highest BCUT2D eigenvalue weighted by Gasteiger charge is 2.08. The van der Waals surface area contributed by atoms with Crippen molar-refractivity contribution in [2.75, 3.05) is 13.2 Å². The molecule has 0 radical (unpaired) electrons. The molecule has 0 unspecified atom stereocenters. The van der Waals surface area contributed by atoms with Gasteiger partial charge in [-0.15, -0.1) is 0 Å². The molecular formula is C34H42O4. The third-order valence-electron chi connectivity index (χ3n) is 6.08. The number of rotatable bonds is 15. The van der Waals surface area contributed by atoms with E-state index in [0.717, 1.165) is 44.1 Å². The monoisotopic (exact) mass is 514 g/mol. The van der Waals surface area contributed by atoms with Crippen LogP contribution < -0.4 is 0 Å². The van der Waals surface area contributed by atoms with E-state index in [1.807, 2.05) is 42.5 Å². The van der Waals surface area contributed by atoms with Crippen molar-refractivity contribution in [3.8, 4) is 0 Å². The Morgan fingerprint density at radius 1 is 0.605 bits per heavy atom. The lowest BCUT2D eigenvalue weighted by Crippen LogP contribution is -2.08. The Kier molecular flexibility index (Phi) is 14.3. The lowest BCUT2D eigenvalue weighted by Gasteiger charge is -2.09. The van der Waals surface area contributed by atoms with Gasteiger partial charge < -0.3 is 9.47 Å². The summed E-state index contributed by atoms with van der Waals surface area (Å²) in [7, 11) is 0. The van der Waals surface area contributed by atoms with Gasteiger partial charge in [0, 0.05) is 0 Å². The van der Waals surface area contributed by atoms with Crippen molar-refractivity contribution in [3.63, 3.8) is 0 Å². The summed E-state index contributed by atoms with van der Waals surface area (Å²) in [4.78, 5) is 24.4. The Labute approximate surface area is 228 Å². The van der Waals surface area contributed by atoms with E-state index in [0.29, 0.717) is 17.7 Å². The minimum absolute atomic E-state index is 0.284. The predicted octanol–water partition coefficient (Wildman–Crippen LogP) is 8.83. The van der Waals surface area contributed by atoms with Gasteiger partial charge >= 0.3 is 11.9 Å². The molecule has 0 bridgehead atoms. The molecule has 2 aromatic carbocycles. The second kappa shape index (κ2) is 17.7. The Morgan fingerprint density at radius 2 is 1.11 bits per heavy atom. The molecule has 4 heteroatoms. The van der Waals surface area contributed by atoms with Gasteiger partial charge in [-0.1, -0.05) is 71.3 Å². The van der Waals surface area contributed by atoms with E-state index in [4.69, 9.17) is 9.47 Å². The Bertz CT molecular complexity index is 1120. The van der Waals surface area contributed by atoms with Gasteiger partial charge in [0.15, 0.2) is 0 Å². The van der Waals surface area contributed by atoms with Crippen LogP contribution in [-0.2, 0) is 9.47 Å². The molecule has 0 aromatic heterocycles. The van der Waals surface area contributed by atoms with E-state index in [9.17, 15) is 9.59 Å². The first kappa shape index (κ1) is 30.6. The number of carbonyl (C=O) groups is 2. The summed E-state index contributed by atoms with van der Waals surface area (Å²) in [5.41, 5.74) is 6.15. The molecule has 0 saturated carbocycles. The molecular weight excluding hydrogens is 472 g/mol. The number of allylic oxidation sites excluding steroid dienone is 6. The first-order valence-corrected chi connectivity index (χ1v) is 13.4. The van der Waals surface area contributed by atoms with Crippen LogP contribution in [0.3, 0.4) is 0 Å². The second-order valence-corrected chi connectivity index (χ2v) is 9.77. The van der Waals surface area contributed by atoms with E-state index < -0.39 is 0 Å². The lowest BCUT2D eigenvalue weighted by atomic mass is 10.0. The average molecular weight is 515 g/mol. The quantitative estimate of drug-likeness (QED) is 0.176. The minimum atomic E-state index is -0.298. The SMILES string of the molecule is CC(C)=CCC/C(=C/CC/C(C)=C/CC/C(C)=C/COC(=O)c1ccccc1)COC(=O)c1ccccc1. The molecule has 2 aromatic rings. The zero-order chi connectivity index (χ0) is 27.6. The van der Waals surface area contributed by atoms with Gasteiger partial charge in [-0.2, -0.15) is 0 Å². The van der Waals surface area contributed by atoms with Crippen molar-refractivity contribution in [2.45, 2.75) is 66.2 Å². The lowest BCUT2D eigenvalue weighted by molar-refractivity contribution is 0.0532. The second-order valence-electron chi connectivity index (χ2n) is 9.77. The molecule has 0 heterocycles. The molecule has 4 nitrogen and oxygen atoms in total. The zero-order valence-corrected chi connectivity index (χ0v) is 23.4. The Hall–Kier alpha value is -3.66. The van der Waals surface area contributed by atoms with Crippen molar-refractivity contribution >= 4 is 11.9 Å². The molecule has 0 fully saturated rings. The zero-order valence-electron chi connectivity index (χ0n) is 23.4. The fourth-order valence-corrected chi connectivity index (χ4v) is 3.77. The summed E-state index contributed by atoms with van der Waals surface area (Å²) in [5, 5.41) is 0. The largest absolute Gasteiger partial charge is 0.458 e. The molecule has 0 amide bonds. The maximum atomic E-state index is 12.4. The number of benzene rings is 2.